The predicted octanol–water partition coefficient (Wildman–Crippen LogP) is 4.12. The number of carbonyl (C=O) groups excluding carboxylic acids is 2. The molecule has 4 unspecified atom stereocenters. The second kappa shape index (κ2) is 9.22. The Balaban J connectivity index is 1.49. The maximum atomic E-state index is 14.1. The third kappa shape index (κ3) is 3.74. The number of aromatic amines is 1. The first-order valence-electron chi connectivity index (χ1n) is 12.9. The van der Waals surface area contributed by atoms with Gasteiger partial charge in [0.2, 0.25) is 11.8 Å². The molecule has 1 aromatic heterocycles. The Morgan fingerprint density at radius 3 is 2.41 bits per heavy atom. The molecule has 0 bridgehead atoms. The van der Waals surface area contributed by atoms with Crippen molar-refractivity contribution in [1.82, 2.24) is 10.3 Å². The molecule has 0 radical (unpaired) electrons. The molecule has 2 fully saturated rings. The summed E-state index contributed by atoms with van der Waals surface area (Å²) in [5.41, 5.74) is 2.46. The van der Waals surface area contributed by atoms with Crippen molar-refractivity contribution in [2.24, 2.45) is 11.8 Å². The SMILES string of the molecule is CCc1ccc(N2C(=O)C3C(c4ccc(C#N)cc4)NC(Cc4c[nH]c5ccccc45)(C(=O)O)C3C2=O)cc1. The molecule has 3 aromatic carbocycles. The standard InChI is InChI=1S/C31H26N4O4/c1-2-18-9-13-22(14-10-18)35-28(36)25-26(29(35)37)31(30(38)39,15-21-17-33-24-6-4-3-5-23(21)24)34-27(25)20-11-7-19(16-32)8-12-20/h3-14,17,25-27,33-34H,2,15H2,1H3,(H,38,39). The average molecular weight is 519 g/mol. The Labute approximate surface area is 224 Å². The summed E-state index contributed by atoms with van der Waals surface area (Å²) in [6.07, 6.45) is 2.58. The van der Waals surface area contributed by atoms with Gasteiger partial charge in [-0.15, -0.1) is 0 Å². The van der Waals surface area contributed by atoms with Crippen LogP contribution in [0.2, 0.25) is 0 Å². The largest absolute Gasteiger partial charge is 0.480 e. The molecule has 4 atom stereocenters. The van der Waals surface area contributed by atoms with Gasteiger partial charge in [-0.1, -0.05) is 49.4 Å². The molecule has 2 saturated heterocycles. The van der Waals surface area contributed by atoms with Gasteiger partial charge in [-0.05, 0) is 53.4 Å². The number of carboxylic acid groups (broad SMARTS) is 1. The van der Waals surface area contributed by atoms with Crippen molar-refractivity contribution in [3.8, 4) is 6.07 Å². The van der Waals surface area contributed by atoms with E-state index in [0.29, 0.717) is 16.8 Å². The zero-order valence-corrected chi connectivity index (χ0v) is 21.2. The number of anilines is 1. The highest BCUT2D eigenvalue weighted by Gasteiger charge is 2.68. The van der Waals surface area contributed by atoms with Gasteiger partial charge in [0.25, 0.3) is 0 Å². The number of H-pyrrole nitrogens is 1. The fourth-order valence-corrected chi connectivity index (χ4v) is 6.20. The molecule has 8 heteroatoms. The van der Waals surface area contributed by atoms with Crippen molar-refractivity contribution >= 4 is 34.4 Å². The molecule has 3 heterocycles. The number of benzene rings is 3. The number of fused-ring (bicyclic) bond motifs is 2. The number of nitrogens with one attached hydrogen (secondary N) is 2. The quantitative estimate of drug-likeness (QED) is 0.330. The number of nitrogens with zero attached hydrogens (tertiary/aromatic N) is 2. The van der Waals surface area contributed by atoms with Crippen LogP contribution in [0.4, 0.5) is 5.69 Å². The normalized spacial score (nSPS) is 24.2. The summed E-state index contributed by atoms with van der Waals surface area (Å²) < 4.78 is 0. The van der Waals surface area contributed by atoms with Crippen molar-refractivity contribution in [1.29, 1.82) is 5.26 Å². The molecular formula is C31H26N4O4. The van der Waals surface area contributed by atoms with E-state index < -0.39 is 41.2 Å². The highest BCUT2D eigenvalue weighted by Crippen LogP contribution is 2.51. The van der Waals surface area contributed by atoms with Gasteiger partial charge in [0, 0.05) is 29.6 Å². The Hall–Kier alpha value is -4.74. The van der Waals surface area contributed by atoms with Crippen LogP contribution < -0.4 is 10.2 Å². The van der Waals surface area contributed by atoms with E-state index in [0.717, 1.165) is 33.4 Å². The maximum Gasteiger partial charge on any atom is 0.325 e. The molecule has 39 heavy (non-hydrogen) atoms. The molecule has 3 N–H and O–H groups in total. The van der Waals surface area contributed by atoms with Crippen LogP contribution in [-0.4, -0.2) is 33.4 Å². The smallest absolute Gasteiger partial charge is 0.325 e. The second-order valence-corrected chi connectivity index (χ2v) is 10.2. The number of hydrogen-bond acceptors (Lipinski definition) is 5. The average Bonchev–Trinajstić information content (AvgIpc) is 3.61. The van der Waals surface area contributed by atoms with Crippen LogP contribution in [0, 0.1) is 23.2 Å². The molecular weight excluding hydrogens is 492 g/mol. The highest BCUT2D eigenvalue weighted by molar-refractivity contribution is 6.24. The number of imide groups is 1. The van der Waals surface area contributed by atoms with E-state index in [1.807, 2.05) is 43.3 Å². The Morgan fingerprint density at radius 2 is 1.74 bits per heavy atom. The van der Waals surface area contributed by atoms with Gasteiger partial charge in [-0.2, -0.15) is 5.26 Å². The number of aryl methyl sites for hydroxylation is 1. The van der Waals surface area contributed by atoms with Crippen LogP contribution >= 0.6 is 0 Å². The fraction of sp³-hybridized carbons (Fsp3) is 0.226. The van der Waals surface area contributed by atoms with Gasteiger partial charge in [-0.25, -0.2) is 4.90 Å². The zero-order chi connectivity index (χ0) is 27.3. The monoisotopic (exact) mass is 518 g/mol. The molecule has 2 aliphatic rings. The first-order valence-corrected chi connectivity index (χ1v) is 12.9. The van der Waals surface area contributed by atoms with Crippen LogP contribution in [0.3, 0.4) is 0 Å². The number of para-hydroxylation sites is 1. The summed E-state index contributed by atoms with van der Waals surface area (Å²) in [5, 5.41) is 24.1. The lowest BCUT2D eigenvalue weighted by molar-refractivity contribution is -0.148. The van der Waals surface area contributed by atoms with Gasteiger partial charge < -0.3 is 10.1 Å². The number of carboxylic acids is 1. The van der Waals surface area contributed by atoms with Gasteiger partial charge >= 0.3 is 5.97 Å². The lowest BCUT2D eigenvalue weighted by Crippen LogP contribution is -2.57. The van der Waals surface area contributed by atoms with E-state index in [1.54, 1.807) is 42.6 Å². The van der Waals surface area contributed by atoms with Gasteiger partial charge in [0.05, 0.1) is 29.2 Å². The third-order valence-electron chi connectivity index (χ3n) is 8.18. The van der Waals surface area contributed by atoms with Crippen LogP contribution in [0.1, 0.15) is 35.2 Å². The molecule has 194 valence electrons. The van der Waals surface area contributed by atoms with Gasteiger partial charge in [0.1, 0.15) is 5.54 Å². The number of nitriles is 1. The Morgan fingerprint density at radius 1 is 1.03 bits per heavy atom. The van der Waals surface area contributed by atoms with E-state index in [2.05, 4.69) is 16.4 Å². The van der Waals surface area contributed by atoms with Crippen molar-refractivity contribution in [3.63, 3.8) is 0 Å². The van der Waals surface area contributed by atoms with Crippen molar-refractivity contribution in [2.75, 3.05) is 4.90 Å². The first-order chi connectivity index (χ1) is 18.9. The minimum absolute atomic E-state index is 0.00191. The third-order valence-corrected chi connectivity index (χ3v) is 8.18. The minimum Gasteiger partial charge on any atom is -0.480 e. The van der Waals surface area contributed by atoms with Crippen molar-refractivity contribution < 1.29 is 19.5 Å². The lowest BCUT2D eigenvalue weighted by Gasteiger charge is -2.31. The van der Waals surface area contributed by atoms with Crippen LogP contribution in [0.25, 0.3) is 10.9 Å². The second-order valence-electron chi connectivity index (χ2n) is 10.2. The molecule has 8 nitrogen and oxygen atoms in total. The van der Waals surface area contributed by atoms with E-state index >= 15 is 0 Å². The molecule has 2 amide bonds. The van der Waals surface area contributed by atoms with E-state index in [9.17, 15) is 24.8 Å². The van der Waals surface area contributed by atoms with E-state index in [1.165, 1.54) is 0 Å². The predicted molar refractivity (Wildman–Crippen MR) is 145 cm³/mol. The summed E-state index contributed by atoms with van der Waals surface area (Å²) in [6.45, 7) is 2.02. The van der Waals surface area contributed by atoms with Crippen molar-refractivity contribution in [3.05, 3.63) is 101 Å². The van der Waals surface area contributed by atoms with Gasteiger partial charge in [0.15, 0.2) is 0 Å². The van der Waals surface area contributed by atoms with Crippen LogP contribution in [0.15, 0.2) is 79.0 Å². The molecule has 2 aliphatic heterocycles. The number of carbonyl (C=O) groups is 3. The van der Waals surface area contributed by atoms with E-state index in [-0.39, 0.29) is 6.42 Å². The molecule has 0 aliphatic carbocycles. The van der Waals surface area contributed by atoms with Crippen LogP contribution in [0.5, 0.6) is 0 Å². The first kappa shape index (κ1) is 24.6. The summed E-state index contributed by atoms with van der Waals surface area (Å²) in [7, 11) is 0. The lowest BCUT2D eigenvalue weighted by atomic mass is 9.76. The number of hydrogen-bond donors (Lipinski definition) is 3. The summed E-state index contributed by atoms with van der Waals surface area (Å²) in [4.78, 5) is 45.6. The molecule has 0 spiro atoms. The summed E-state index contributed by atoms with van der Waals surface area (Å²) >= 11 is 0. The topological polar surface area (TPSA) is 126 Å². The van der Waals surface area contributed by atoms with E-state index in [4.69, 9.17) is 0 Å². The Bertz CT molecular complexity index is 1650. The molecule has 6 rings (SSSR count). The number of amides is 2. The fourth-order valence-electron chi connectivity index (χ4n) is 6.20. The molecule has 0 saturated carbocycles. The number of aromatic nitrogens is 1. The Kier molecular flexibility index (Phi) is 5.82. The maximum absolute atomic E-state index is 14.1. The summed E-state index contributed by atoms with van der Waals surface area (Å²) in [6, 6.07) is 22.8. The van der Waals surface area contributed by atoms with Crippen molar-refractivity contribution in [2.45, 2.75) is 31.3 Å². The molecule has 4 aromatic rings. The number of aliphatic carboxylic acids is 1. The minimum atomic E-state index is -1.74. The number of rotatable bonds is 6. The highest BCUT2D eigenvalue weighted by atomic mass is 16.4. The van der Waals surface area contributed by atoms with Gasteiger partial charge in [-0.3, -0.25) is 19.7 Å². The van der Waals surface area contributed by atoms with Crippen LogP contribution in [-0.2, 0) is 27.2 Å². The zero-order valence-electron chi connectivity index (χ0n) is 21.2. The summed E-state index contributed by atoms with van der Waals surface area (Å²) in [5.74, 6) is -4.22.